The molecule has 2 aliphatic rings. The average Bonchev–Trinajstić information content (AvgIpc) is 3.92. The highest BCUT2D eigenvalue weighted by molar-refractivity contribution is 6.06. The molecule has 2 nitrogen and oxygen atoms in total. The van der Waals surface area contributed by atoms with Gasteiger partial charge in [-0.15, -0.1) is 0 Å². The summed E-state index contributed by atoms with van der Waals surface area (Å²) in [4.78, 5) is 2.41. The molecule has 10 aromatic carbocycles. The molecule has 0 saturated heterocycles. The molecule has 0 saturated carbocycles. The zero-order chi connectivity index (χ0) is 45.2. The van der Waals surface area contributed by atoms with E-state index in [0.29, 0.717) is 5.92 Å². The number of anilines is 3. The Kier molecular flexibility index (Phi) is 9.47. The van der Waals surface area contributed by atoms with Crippen molar-refractivity contribution in [2.24, 2.45) is 5.92 Å². The highest BCUT2D eigenvalue weighted by atomic mass is 16.3. The van der Waals surface area contributed by atoms with Crippen LogP contribution < -0.4 is 4.90 Å². The number of furan rings is 1. The van der Waals surface area contributed by atoms with E-state index in [2.05, 4.69) is 254 Å². The van der Waals surface area contributed by atoms with Crippen molar-refractivity contribution in [2.75, 3.05) is 4.90 Å². The molecule has 0 N–H and O–H groups in total. The third-order valence-corrected chi connectivity index (χ3v) is 14.5. The third-order valence-electron chi connectivity index (χ3n) is 14.5. The first-order chi connectivity index (χ1) is 33.6. The Morgan fingerprint density at radius 1 is 0.412 bits per heavy atom. The molecular formula is C66H47NO. The second kappa shape index (κ2) is 16.2. The third kappa shape index (κ3) is 6.55. The summed E-state index contributed by atoms with van der Waals surface area (Å²) in [5.41, 5.74) is 22.1. The van der Waals surface area contributed by atoms with E-state index in [-0.39, 0.29) is 0 Å². The van der Waals surface area contributed by atoms with Crippen molar-refractivity contribution in [3.63, 3.8) is 0 Å². The van der Waals surface area contributed by atoms with E-state index < -0.39 is 5.41 Å². The van der Waals surface area contributed by atoms with Gasteiger partial charge in [0.2, 0.25) is 0 Å². The Hall–Kier alpha value is -8.46. The van der Waals surface area contributed by atoms with Gasteiger partial charge in [-0.25, -0.2) is 0 Å². The Morgan fingerprint density at radius 2 is 0.971 bits per heavy atom. The second-order valence-electron chi connectivity index (χ2n) is 18.5. The lowest BCUT2D eigenvalue weighted by molar-refractivity contribution is 0.669. The fraction of sp³-hybridized carbons (Fsp3) is 0.0606. The van der Waals surface area contributed by atoms with Crippen LogP contribution in [0.25, 0.3) is 72.5 Å². The monoisotopic (exact) mass is 869 g/mol. The molecule has 0 bridgehead atoms. The second-order valence-corrected chi connectivity index (χ2v) is 18.5. The van der Waals surface area contributed by atoms with Gasteiger partial charge in [0, 0.05) is 27.8 Å². The van der Waals surface area contributed by atoms with Crippen LogP contribution in [0, 0.1) is 5.92 Å². The fourth-order valence-electron chi connectivity index (χ4n) is 11.2. The van der Waals surface area contributed by atoms with E-state index in [0.717, 1.165) is 45.4 Å². The normalized spacial score (nSPS) is 14.4. The van der Waals surface area contributed by atoms with Gasteiger partial charge in [0.05, 0.1) is 5.41 Å². The lowest BCUT2D eigenvalue weighted by Crippen LogP contribution is -2.28. The molecule has 0 amide bonds. The Labute approximate surface area is 397 Å². The molecule has 2 aliphatic carbocycles. The molecule has 322 valence electrons. The number of allylic oxidation sites excluding steroid dienone is 1. The molecule has 68 heavy (non-hydrogen) atoms. The molecule has 13 rings (SSSR count). The van der Waals surface area contributed by atoms with Crippen molar-refractivity contribution in [1.29, 1.82) is 0 Å². The van der Waals surface area contributed by atoms with Crippen LogP contribution in [0.2, 0.25) is 0 Å². The Bertz CT molecular complexity index is 3670. The van der Waals surface area contributed by atoms with Crippen molar-refractivity contribution in [3.8, 4) is 44.5 Å². The minimum Gasteiger partial charge on any atom is -0.456 e. The summed E-state index contributed by atoms with van der Waals surface area (Å²) in [7, 11) is 0. The number of hydrogen-bond donors (Lipinski definition) is 0. The summed E-state index contributed by atoms with van der Waals surface area (Å²) in [6.07, 6.45) is 5.68. The Balaban J connectivity index is 0.901. The molecule has 1 heterocycles. The minimum atomic E-state index is -0.518. The van der Waals surface area contributed by atoms with Crippen LogP contribution in [0.4, 0.5) is 17.1 Å². The van der Waals surface area contributed by atoms with Crippen LogP contribution in [0.3, 0.4) is 0 Å². The highest BCUT2D eigenvalue weighted by Gasteiger charge is 2.46. The van der Waals surface area contributed by atoms with Crippen LogP contribution in [0.5, 0.6) is 0 Å². The molecule has 0 fully saturated rings. The first-order valence-corrected chi connectivity index (χ1v) is 23.8. The average molecular weight is 870 g/mol. The fourth-order valence-corrected chi connectivity index (χ4v) is 11.2. The minimum absolute atomic E-state index is 0.518. The van der Waals surface area contributed by atoms with Crippen LogP contribution >= 0.6 is 0 Å². The Morgan fingerprint density at radius 3 is 1.74 bits per heavy atom. The van der Waals surface area contributed by atoms with E-state index in [1.165, 1.54) is 77.9 Å². The molecule has 0 aliphatic heterocycles. The maximum absolute atomic E-state index is 6.35. The number of fused-ring (bicyclic) bond motifs is 7. The quantitative estimate of drug-likeness (QED) is 0.151. The summed E-state index contributed by atoms with van der Waals surface area (Å²) in [6, 6.07) is 87.0. The van der Waals surface area contributed by atoms with Crippen molar-refractivity contribution in [3.05, 3.63) is 276 Å². The lowest BCUT2D eigenvalue weighted by Gasteiger charge is -2.35. The van der Waals surface area contributed by atoms with E-state index in [1.807, 2.05) is 6.07 Å². The van der Waals surface area contributed by atoms with Gasteiger partial charge in [-0.05, 0) is 145 Å². The lowest BCUT2D eigenvalue weighted by atomic mass is 9.67. The topological polar surface area (TPSA) is 16.4 Å². The number of rotatable bonds is 8. The van der Waals surface area contributed by atoms with Crippen molar-refractivity contribution >= 4 is 45.1 Å². The molecule has 1 aromatic heterocycles. The first-order valence-electron chi connectivity index (χ1n) is 23.8. The zero-order valence-corrected chi connectivity index (χ0v) is 37.8. The standard InChI is InChI=1S/C66H47NO/c1-44-23-24-48-29-30-51(41-52(48)39-44)50-14-12-13-49(40-50)47-27-25-45(26-28-47)46-31-33-55(34-32-46)67(56-36-38-65-61(42-56)60-20-9-11-22-64(60)68-65)57-35-37-59-58-19-8-10-21-62(58)66(63(59)43-57,53-15-4-2-5-16-53)54-17-6-3-7-18-54/h2-38,40-44H,39H2,1H3. The molecule has 0 radical (unpaired) electrons. The smallest absolute Gasteiger partial charge is 0.135 e. The molecule has 1 atom stereocenters. The summed E-state index contributed by atoms with van der Waals surface area (Å²) >= 11 is 0. The van der Waals surface area contributed by atoms with Gasteiger partial charge in [-0.1, -0.05) is 201 Å². The first kappa shape index (κ1) is 39.9. The van der Waals surface area contributed by atoms with Gasteiger partial charge < -0.3 is 9.32 Å². The van der Waals surface area contributed by atoms with Gasteiger partial charge in [0.25, 0.3) is 0 Å². The highest BCUT2D eigenvalue weighted by Crippen LogP contribution is 2.57. The SMILES string of the molecule is CC1C=Cc2ccc(-c3cccc(-c4ccc(-c5ccc(N(c6ccc7c(c6)C(c6ccccc6)(c6ccccc6)c6ccccc6-7)c6ccc7oc8ccccc8c7c6)cc5)cc4)c3)cc2C1. The molecule has 2 heteroatoms. The van der Waals surface area contributed by atoms with Gasteiger partial charge in [0.1, 0.15) is 11.2 Å². The van der Waals surface area contributed by atoms with Gasteiger partial charge in [0.15, 0.2) is 0 Å². The van der Waals surface area contributed by atoms with Crippen LogP contribution in [0.1, 0.15) is 40.3 Å². The summed E-state index contributed by atoms with van der Waals surface area (Å²) in [5.74, 6) is 0.571. The number of para-hydroxylation sites is 1. The predicted molar refractivity (Wildman–Crippen MR) is 284 cm³/mol. The van der Waals surface area contributed by atoms with E-state index in [4.69, 9.17) is 4.42 Å². The van der Waals surface area contributed by atoms with Gasteiger partial charge in [-0.3, -0.25) is 0 Å². The van der Waals surface area contributed by atoms with Crippen molar-refractivity contribution < 1.29 is 4.42 Å². The number of benzene rings is 10. The largest absolute Gasteiger partial charge is 0.456 e. The number of hydrogen-bond acceptors (Lipinski definition) is 2. The van der Waals surface area contributed by atoms with E-state index in [9.17, 15) is 0 Å². The van der Waals surface area contributed by atoms with Crippen LogP contribution in [-0.2, 0) is 11.8 Å². The van der Waals surface area contributed by atoms with Gasteiger partial charge >= 0.3 is 0 Å². The van der Waals surface area contributed by atoms with Crippen molar-refractivity contribution in [1.82, 2.24) is 0 Å². The van der Waals surface area contributed by atoms with Crippen molar-refractivity contribution in [2.45, 2.75) is 18.8 Å². The van der Waals surface area contributed by atoms with E-state index >= 15 is 0 Å². The maximum Gasteiger partial charge on any atom is 0.135 e. The molecular weight excluding hydrogens is 823 g/mol. The van der Waals surface area contributed by atoms with E-state index in [1.54, 1.807) is 0 Å². The maximum atomic E-state index is 6.35. The summed E-state index contributed by atoms with van der Waals surface area (Å²) < 4.78 is 6.35. The molecule has 1 unspecified atom stereocenters. The zero-order valence-electron chi connectivity index (χ0n) is 37.8. The summed E-state index contributed by atoms with van der Waals surface area (Å²) in [5, 5.41) is 2.20. The van der Waals surface area contributed by atoms with Crippen LogP contribution in [-0.4, -0.2) is 0 Å². The summed E-state index contributed by atoms with van der Waals surface area (Å²) in [6.45, 7) is 2.29. The van der Waals surface area contributed by atoms with Crippen LogP contribution in [0.15, 0.2) is 247 Å². The molecule has 11 aromatic rings. The van der Waals surface area contributed by atoms with Gasteiger partial charge in [-0.2, -0.15) is 0 Å². The molecule has 0 spiro atoms. The predicted octanol–water partition coefficient (Wildman–Crippen LogP) is 17.6. The number of nitrogens with zero attached hydrogens (tertiary/aromatic N) is 1.